The molecule has 76 valence electrons. The van der Waals surface area contributed by atoms with E-state index < -0.39 is 36.0 Å². The molecule has 0 aromatic carbocycles. The zero-order chi connectivity index (χ0) is 10.6. The molecule has 0 aliphatic heterocycles. The smallest absolute Gasteiger partial charge is 0.328 e. The van der Waals surface area contributed by atoms with Crippen LogP contribution < -0.4 is 5.73 Å². The summed E-state index contributed by atoms with van der Waals surface area (Å²) in [6.45, 7) is 0. The Balaban J connectivity index is 4.43. The van der Waals surface area contributed by atoms with Crippen LogP contribution in [0.4, 0.5) is 4.39 Å². The number of carboxylic acid groups (broad SMARTS) is 2. The van der Waals surface area contributed by atoms with Crippen LogP contribution in [-0.4, -0.2) is 33.3 Å². The van der Waals surface area contributed by atoms with E-state index in [1.807, 2.05) is 0 Å². The van der Waals surface area contributed by atoms with Crippen molar-refractivity contribution in [2.45, 2.75) is 24.0 Å². The molecule has 13 heavy (non-hydrogen) atoms. The van der Waals surface area contributed by atoms with Gasteiger partial charge in [0.05, 0.1) is 0 Å². The molecule has 0 fully saturated rings. The number of carbonyl (C=O) groups is 2. The minimum absolute atomic E-state index is 0.546. The Kier molecular flexibility index (Phi) is 4.09. The zero-order valence-electron chi connectivity index (χ0n) is 6.54. The second kappa shape index (κ2) is 4.38. The van der Waals surface area contributed by atoms with E-state index in [4.69, 9.17) is 27.5 Å². The van der Waals surface area contributed by atoms with E-state index in [1.54, 1.807) is 0 Å². The SMILES string of the molecule is N[C@@](CCC(=O)O)(C(=O)O)[C@@H](F)Cl. The summed E-state index contributed by atoms with van der Waals surface area (Å²) in [7, 11) is 0. The van der Waals surface area contributed by atoms with Gasteiger partial charge in [0.25, 0.3) is 0 Å². The van der Waals surface area contributed by atoms with Gasteiger partial charge >= 0.3 is 11.9 Å². The lowest BCUT2D eigenvalue weighted by molar-refractivity contribution is -0.145. The first-order chi connectivity index (χ1) is 5.80. The van der Waals surface area contributed by atoms with Crippen LogP contribution in [0.1, 0.15) is 12.8 Å². The van der Waals surface area contributed by atoms with Gasteiger partial charge in [-0.15, -0.1) is 0 Å². The van der Waals surface area contributed by atoms with Gasteiger partial charge in [-0.25, -0.2) is 4.39 Å². The highest BCUT2D eigenvalue weighted by Gasteiger charge is 2.42. The van der Waals surface area contributed by atoms with Crippen molar-refractivity contribution in [3.05, 3.63) is 0 Å². The second-order valence-corrected chi connectivity index (χ2v) is 2.92. The molecule has 0 aromatic rings. The number of alkyl halides is 2. The van der Waals surface area contributed by atoms with Crippen LogP contribution in [0.5, 0.6) is 0 Å². The van der Waals surface area contributed by atoms with Crippen molar-refractivity contribution in [3.63, 3.8) is 0 Å². The topological polar surface area (TPSA) is 101 Å². The number of rotatable bonds is 5. The van der Waals surface area contributed by atoms with E-state index in [9.17, 15) is 14.0 Å². The van der Waals surface area contributed by atoms with E-state index in [0.717, 1.165) is 0 Å². The van der Waals surface area contributed by atoms with Crippen LogP contribution >= 0.6 is 11.6 Å². The monoisotopic (exact) mass is 213 g/mol. The summed E-state index contributed by atoms with van der Waals surface area (Å²) < 4.78 is 12.5. The normalized spacial score (nSPS) is 17.5. The Morgan fingerprint density at radius 1 is 1.54 bits per heavy atom. The maximum Gasteiger partial charge on any atom is 0.328 e. The number of aliphatic carboxylic acids is 2. The molecule has 0 aliphatic rings. The summed E-state index contributed by atoms with van der Waals surface area (Å²) in [5.74, 6) is -2.91. The van der Waals surface area contributed by atoms with Crippen LogP contribution in [-0.2, 0) is 9.59 Å². The van der Waals surface area contributed by atoms with Crippen molar-refractivity contribution in [2.75, 3.05) is 0 Å². The summed E-state index contributed by atoms with van der Waals surface area (Å²) >= 11 is 4.90. The highest BCUT2D eigenvalue weighted by molar-refractivity contribution is 6.22. The lowest BCUT2D eigenvalue weighted by Gasteiger charge is -2.23. The van der Waals surface area contributed by atoms with Crippen molar-refractivity contribution < 1.29 is 24.2 Å². The van der Waals surface area contributed by atoms with Crippen LogP contribution in [0, 0.1) is 0 Å². The maximum absolute atomic E-state index is 12.5. The van der Waals surface area contributed by atoms with E-state index in [-0.39, 0.29) is 0 Å². The first kappa shape index (κ1) is 12.1. The van der Waals surface area contributed by atoms with E-state index >= 15 is 0 Å². The number of nitrogens with two attached hydrogens (primary N) is 1. The highest BCUT2D eigenvalue weighted by atomic mass is 35.5. The van der Waals surface area contributed by atoms with Crippen molar-refractivity contribution in [1.82, 2.24) is 0 Å². The molecule has 7 heteroatoms. The molecule has 0 bridgehead atoms. The fourth-order valence-electron chi connectivity index (χ4n) is 0.623. The summed E-state index contributed by atoms with van der Waals surface area (Å²) in [4.78, 5) is 20.5. The fourth-order valence-corrected chi connectivity index (χ4v) is 0.826. The molecule has 0 heterocycles. The van der Waals surface area contributed by atoms with Gasteiger partial charge in [0.15, 0.2) is 5.54 Å². The van der Waals surface area contributed by atoms with Gasteiger partial charge in [0, 0.05) is 6.42 Å². The predicted octanol–water partition coefficient (Wildman–Crippen LogP) is 0.168. The molecular weight excluding hydrogens is 205 g/mol. The second-order valence-electron chi connectivity index (χ2n) is 2.54. The molecule has 0 amide bonds. The van der Waals surface area contributed by atoms with Gasteiger partial charge in [-0.2, -0.15) is 0 Å². The lowest BCUT2D eigenvalue weighted by atomic mass is 9.96. The summed E-state index contributed by atoms with van der Waals surface area (Å²) in [5, 5.41) is 16.7. The summed E-state index contributed by atoms with van der Waals surface area (Å²) in [6, 6.07) is 0. The first-order valence-corrected chi connectivity index (χ1v) is 3.76. The Morgan fingerprint density at radius 2 is 2.00 bits per heavy atom. The molecule has 0 radical (unpaired) electrons. The first-order valence-electron chi connectivity index (χ1n) is 3.33. The molecule has 0 unspecified atom stereocenters. The fraction of sp³-hybridized carbons (Fsp3) is 0.667. The number of hydrogen-bond acceptors (Lipinski definition) is 3. The van der Waals surface area contributed by atoms with Crippen molar-refractivity contribution in [2.24, 2.45) is 5.73 Å². The third-order valence-corrected chi connectivity index (χ3v) is 1.93. The molecule has 5 nitrogen and oxygen atoms in total. The van der Waals surface area contributed by atoms with Gasteiger partial charge in [-0.3, -0.25) is 9.59 Å². The van der Waals surface area contributed by atoms with E-state index in [2.05, 4.69) is 0 Å². The van der Waals surface area contributed by atoms with Gasteiger partial charge in [-0.05, 0) is 6.42 Å². The Bertz CT molecular complexity index is 223. The van der Waals surface area contributed by atoms with Crippen LogP contribution in [0.15, 0.2) is 0 Å². The molecule has 0 saturated heterocycles. The predicted molar refractivity (Wildman–Crippen MR) is 42.2 cm³/mol. The number of halogens is 2. The van der Waals surface area contributed by atoms with Gasteiger partial charge in [0.2, 0.25) is 5.63 Å². The van der Waals surface area contributed by atoms with Crippen molar-refractivity contribution in [1.29, 1.82) is 0 Å². The third kappa shape index (κ3) is 3.16. The van der Waals surface area contributed by atoms with E-state index in [1.165, 1.54) is 0 Å². The molecule has 0 spiro atoms. The van der Waals surface area contributed by atoms with Crippen LogP contribution in [0.25, 0.3) is 0 Å². The average Bonchev–Trinajstić information content (AvgIpc) is 1.99. The van der Waals surface area contributed by atoms with Crippen LogP contribution in [0.2, 0.25) is 0 Å². The third-order valence-electron chi connectivity index (χ3n) is 1.54. The minimum atomic E-state index is -2.33. The Hall–Kier alpha value is -0.880. The minimum Gasteiger partial charge on any atom is -0.481 e. The molecule has 2 atom stereocenters. The Labute approximate surface area is 78.3 Å². The van der Waals surface area contributed by atoms with Crippen LogP contribution in [0.3, 0.4) is 0 Å². The van der Waals surface area contributed by atoms with Gasteiger partial charge in [0.1, 0.15) is 0 Å². The standard InChI is InChI=1S/C6H9ClFNO4/c7-4(8)6(9,5(12)13)2-1-3(10)11/h4H,1-2,9H2,(H,10,11)(H,12,13)/t4-,6-/m1/s1. The molecule has 0 saturated carbocycles. The summed E-state index contributed by atoms with van der Waals surface area (Å²) in [6.07, 6.45) is -1.10. The van der Waals surface area contributed by atoms with Gasteiger partial charge < -0.3 is 15.9 Å². The lowest BCUT2D eigenvalue weighted by Crippen LogP contribution is -2.54. The van der Waals surface area contributed by atoms with E-state index in [0.29, 0.717) is 0 Å². The molecule has 0 rings (SSSR count). The Morgan fingerprint density at radius 3 is 2.23 bits per heavy atom. The molecular formula is C6H9ClFNO4. The van der Waals surface area contributed by atoms with Crippen molar-refractivity contribution >= 4 is 23.5 Å². The number of carboxylic acids is 2. The van der Waals surface area contributed by atoms with Gasteiger partial charge in [-0.1, -0.05) is 11.6 Å². The maximum atomic E-state index is 12.5. The largest absolute Gasteiger partial charge is 0.481 e. The quantitative estimate of drug-likeness (QED) is 0.565. The molecule has 4 N–H and O–H groups in total. The highest BCUT2D eigenvalue weighted by Crippen LogP contribution is 2.21. The zero-order valence-corrected chi connectivity index (χ0v) is 7.29. The number of hydrogen-bond donors (Lipinski definition) is 3. The summed E-state index contributed by atoms with van der Waals surface area (Å²) in [5.41, 5.74) is 0.413. The average molecular weight is 214 g/mol. The van der Waals surface area contributed by atoms with Crippen molar-refractivity contribution in [3.8, 4) is 0 Å². The molecule has 0 aliphatic carbocycles. The molecule has 0 aromatic heterocycles.